The maximum atomic E-state index is 12.3. The van der Waals surface area contributed by atoms with Gasteiger partial charge >= 0.3 is 5.97 Å². The summed E-state index contributed by atoms with van der Waals surface area (Å²) in [6, 6.07) is 9.56. The van der Waals surface area contributed by atoms with Crippen LogP contribution in [0.1, 0.15) is 20.7 Å². The fourth-order valence-electron chi connectivity index (χ4n) is 1.69. The van der Waals surface area contributed by atoms with Gasteiger partial charge in [-0.15, -0.1) is 0 Å². The number of carbonyl (C=O) groups is 2. The van der Waals surface area contributed by atoms with E-state index in [1.54, 1.807) is 30.3 Å². The summed E-state index contributed by atoms with van der Waals surface area (Å²) in [4.78, 5) is 23.5. The zero-order chi connectivity index (χ0) is 15.6. The van der Waals surface area contributed by atoms with E-state index in [2.05, 4.69) is 37.2 Å². The minimum Gasteiger partial charge on any atom is -0.478 e. The standard InChI is InChI=1S/C14H8Br2ClNO3/c15-9-5-1-3-7(11(9)17)13(19)18-12-8(14(20)21)4-2-6-10(12)16/h1-6H,(H,18,19)(H,20,21). The molecule has 108 valence electrons. The van der Waals surface area contributed by atoms with E-state index in [1.807, 2.05) is 0 Å². The Balaban J connectivity index is 2.41. The van der Waals surface area contributed by atoms with Gasteiger partial charge in [-0.2, -0.15) is 0 Å². The van der Waals surface area contributed by atoms with Crippen molar-refractivity contribution in [3.8, 4) is 0 Å². The number of benzene rings is 2. The minimum absolute atomic E-state index is 0.0103. The lowest BCUT2D eigenvalue weighted by Crippen LogP contribution is -2.16. The largest absolute Gasteiger partial charge is 0.478 e. The summed E-state index contributed by atoms with van der Waals surface area (Å²) < 4.78 is 1.06. The normalized spacial score (nSPS) is 10.2. The first-order valence-electron chi connectivity index (χ1n) is 5.69. The molecule has 0 aliphatic heterocycles. The summed E-state index contributed by atoms with van der Waals surface area (Å²) in [6.45, 7) is 0. The van der Waals surface area contributed by atoms with Gasteiger partial charge in [-0.1, -0.05) is 23.7 Å². The van der Waals surface area contributed by atoms with E-state index in [-0.39, 0.29) is 21.8 Å². The minimum atomic E-state index is -1.13. The fraction of sp³-hybridized carbons (Fsp3) is 0. The molecule has 2 aromatic rings. The monoisotopic (exact) mass is 431 g/mol. The number of carboxylic acid groups (broad SMARTS) is 1. The molecule has 7 heteroatoms. The molecule has 1 amide bonds. The van der Waals surface area contributed by atoms with E-state index in [1.165, 1.54) is 6.07 Å². The topological polar surface area (TPSA) is 66.4 Å². The molecule has 0 aliphatic carbocycles. The van der Waals surface area contributed by atoms with Crippen molar-refractivity contribution in [2.24, 2.45) is 0 Å². The van der Waals surface area contributed by atoms with Crippen molar-refractivity contribution in [1.29, 1.82) is 0 Å². The molecule has 4 nitrogen and oxygen atoms in total. The van der Waals surface area contributed by atoms with Crippen molar-refractivity contribution < 1.29 is 14.7 Å². The third-order valence-corrected chi connectivity index (χ3v) is 4.64. The van der Waals surface area contributed by atoms with Crippen molar-refractivity contribution in [3.05, 3.63) is 61.5 Å². The molecule has 0 fully saturated rings. The molecule has 2 rings (SSSR count). The number of nitrogens with one attached hydrogen (secondary N) is 1. The summed E-state index contributed by atoms with van der Waals surface area (Å²) in [6.07, 6.45) is 0. The molecule has 2 N–H and O–H groups in total. The van der Waals surface area contributed by atoms with E-state index >= 15 is 0 Å². The average molecular weight is 433 g/mol. The van der Waals surface area contributed by atoms with E-state index < -0.39 is 11.9 Å². The van der Waals surface area contributed by atoms with Crippen LogP contribution in [0.5, 0.6) is 0 Å². The Kier molecular flexibility index (Phi) is 5.03. The Morgan fingerprint density at radius 2 is 1.57 bits per heavy atom. The highest BCUT2D eigenvalue weighted by molar-refractivity contribution is 9.11. The summed E-state index contributed by atoms with van der Waals surface area (Å²) in [5.41, 5.74) is 0.424. The number of carbonyl (C=O) groups excluding carboxylic acids is 1. The molecule has 0 bridgehead atoms. The first-order valence-corrected chi connectivity index (χ1v) is 7.65. The number of anilines is 1. The van der Waals surface area contributed by atoms with E-state index in [9.17, 15) is 9.59 Å². The van der Waals surface area contributed by atoms with Gasteiger partial charge in [0.2, 0.25) is 0 Å². The number of hydrogen-bond donors (Lipinski definition) is 2. The highest BCUT2D eigenvalue weighted by Gasteiger charge is 2.18. The summed E-state index contributed by atoms with van der Waals surface area (Å²) in [5, 5.41) is 12.0. The van der Waals surface area contributed by atoms with Crippen LogP contribution >= 0.6 is 43.5 Å². The number of aromatic carboxylic acids is 1. The smallest absolute Gasteiger partial charge is 0.337 e. The van der Waals surface area contributed by atoms with Gasteiger partial charge in [0.25, 0.3) is 5.91 Å². The van der Waals surface area contributed by atoms with Crippen LogP contribution in [0.3, 0.4) is 0 Å². The SMILES string of the molecule is O=C(Nc1c(Br)cccc1C(=O)O)c1cccc(Br)c1Cl. The van der Waals surface area contributed by atoms with E-state index in [0.29, 0.717) is 8.95 Å². The third-order valence-electron chi connectivity index (χ3n) is 2.68. The predicted molar refractivity (Wildman–Crippen MR) is 88.2 cm³/mol. The van der Waals surface area contributed by atoms with Crippen LogP contribution in [0.2, 0.25) is 5.02 Å². The Bertz CT molecular complexity index is 734. The van der Waals surface area contributed by atoms with Crippen LogP contribution in [0.4, 0.5) is 5.69 Å². The zero-order valence-electron chi connectivity index (χ0n) is 10.4. The van der Waals surface area contributed by atoms with E-state index in [0.717, 1.165) is 0 Å². The number of amides is 1. The number of halogens is 3. The maximum absolute atomic E-state index is 12.3. The van der Waals surface area contributed by atoms with Crippen molar-refractivity contribution >= 4 is 61.0 Å². The summed E-state index contributed by atoms with van der Waals surface area (Å²) in [5.74, 6) is -1.62. The van der Waals surface area contributed by atoms with Gasteiger partial charge in [-0.3, -0.25) is 4.79 Å². The summed E-state index contributed by atoms with van der Waals surface area (Å²) in [7, 11) is 0. The molecule has 0 aliphatic rings. The van der Waals surface area contributed by atoms with Crippen LogP contribution < -0.4 is 5.32 Å². The molecule has 21 heavy (non-hydrogen) atoms. The molecule has 0 aromatic heterocycles. The lowest BCUT2D eigenvalue weighted by molar-refractivity contribution is 0.0698. The molecule has 0 saturated carbocycles. The molecule has 0 spiro atoms. The Labute approximate surface area is 142 Å². The molecular formula is C14H8Br2ClNO3. The molecule has 2 aromatic carbocycles. The van der Waals surface area contributed by atoms with Gasteiger partial charge in [0.05, 0.1) is 21.8 Å². The predicted octanol–water partition coefficient (Wildman–Crippen LogP) is 4.82. The highest BCUT2D eigenvalue weighted by Crippen LogP contribution is 2.30. The van der Waals surface area contributed by atoms with Crippen molar-refractivity contribution in [3.63, 3.8) is 0 Å². The van der Waals surface area contributed by atoms with Gasteiger partial charge in [0, 0.05) is 8.95 Å². The van der Waals surface area contributed by atoms with Crippen LogP contribution in [0.25, 0.3) is 0 Å². The number of para-hydroxylation sites is 1. The highest BCUT2D eigenvalue weighted by atomic mass is 79.9. The van der Waals surface area contributed by atoms with Crippen molar-refractivity contribution in [1.82, 2.24) is 0 Å². The van der Waals surface area contributed by atoms with Crippen LogP contribution in [-0.2, 0) is 0 Å². The Morgan fingerprint density at radius 3 is 2.19 bits per heavy atom. The van der Waals surface area contributed by atoms with Gasteiger partial charge in [0.15, 0.2) is 0 Å². The fourth-order valence-corrected chi connectivity index (χ4v) is 2.73. The van der Waals surface area contributed by atoms with Gasteiger partial charge in [0.1, 0.15) is 0 Å². The van der Waals surface area contributed by atoms with Gasteiger partial charge < -0.3 is 10.4 Å². The molecule has 0 atom stereocenters. The average Bonchev–Trinajstić information content (AvgIpc) is 2.43. The summed E-state index contributed by atoms with van der Waals surface area (Å²) >= 11 is 12.5. The third kappa shape index (κ3) is 3.45. The molecule has 0 saturated heterocycles. The maximum Gasteiger partial charge on any atom is 0.337 e. The van der Waals surface area contributed by atoms with Crippen LogP contribution in [-0.4, -0.2) is 17.0 Å². The number of rotatable bonds is 3. The van der Waals surface area contributed by atoms with Crippen molar-refractivity contribution in [2.75, 3.05) is 5.32 Å². The molecular weight excluding hydrogens is 425 g/mol. The first-order chi connectivity index (χ1) is 9.91. The van der Waals surface area contributed by atoms with Crippen molar-refractivity contribution in [2.45, 2.75) is 0 Å². The number of carboxylic acids is 1. The van der Waals surface area contributed by atoms with Gasteiger partial charge in [-0.25, -0.2) is 4.79 Å². The second-order valence-corrected chi connectivity index (χ2v) is 6.11. The van der Waals surface area contributed by atoms with Crippen LogP contribution in [0.15, 0.2) is 45.3 Å². The van der Waals surface area contributed by atoms with E-state index in [4.69, 9.17) is 16.7 Å². The molecule has 0 unspecified atom stereocenters. The molecule has 0 radical (unpaired) electrons. The number of hydrogen-bond acceptors (Lipinski definition) is 2. The molecule has 0 heterocycles. The zero-order valence-corrected chi connectivity index (χ0v) is 14.3. The quantitative estimate of drug-likeness (QED) is 0.730. The second kappa shape index (κ2) is 6.60. The Hall–Kier alpha value is -1.37. The first kappa shape index (κ1) is 16.0. The van der Waals surface area contributed by atoms with Crippen LogP contribution in [0, 0.1) is 0 Å². The lowest BCUT2D eigenvalue weighted by atomic mass is 10.1. The lowest BCUT2D eigenvalue weighted by Gasteiger charge is -2.11. The van der Waals surface area contributed by atoms with Gasteiger partial charge in [-0.05, 0) is 56.1 Å². The Morgan fingerprint density at radius 1 is 1.00 bits per heavy atom. The second-order valence-electron chi connectivity index (χ2n) is 4.02.